The van der Waals surface area contributed by atoms with Gasteiger partial charge in [0.2, 0.25) is 0 Å². The first-order valence-corrected chi connectivity index (χ1v) is 9.68. The Morgan fingerprint density at radius 3 is 2.94 bits per heavy atom. The van der Waals surface area contributed by atoms with Crippen LogP contribution in [0.5, 0.6) is 5.75 Å². The van der Waals surface area contributed by atoms with Crippen molar-refractivity contribution in [1.82, 2.24) is 39.8 Å². The van der Waals surface area contributed by atoms with Crippen molar-refractivity contribution in [2.24, 2.45) is 0 Å². The number of nitrogens with zero attached hydrogens (tertiary/aromatic N) is 7. The van der Waals surface area contributed by atoms with Crippen LogP contribution in [0.4, 0.5) is 0 Å². The van der Waals surface area contributed by atoms with E-state index in [-0.39, 0.29) is 11.7 Å². The summed E-state index contributed by atoms with van der Waals surface area (Å²) in [5.41, 5.74) is 3.22. The van der Waals surface area contributed by atoms with Crippen LogP contribution in [-0.2, 0) is 6.54 Å². The van der Waals surface area contributed by atoms with Crippen molar-refractivity contribution < 1.29 is 4.74 Å². The fraction of sp³-hybridized carbons (Fsp3) is 0.143. The molecule has 4 heterocycles. The minimum Gasteiger partial charge on any atom is -0.489 e. The third-order valence-electron chi connectivity index (χ3n) is 4.76. The molecule has 1 N–H and O–H groups in total. The minimum absolute atomic E-state index is 0.126. The summed E-state index contributed by atoms with van der Waals surface area (Å²) < 4.78 is 9.32. The highest BCUT2D eigenvalue weighted by Gasteiger charge is 2.12. The highest BCUT2D eigenvalue weighted by atomic mass is 16.5. The SMILES string of the molecule is CC(Cn1cnnn1)Oc1cccc(-c2ccc3ncc(-c4ccc[nH]c4=O)n3n2)c1. The number of hydrogen-bond acceptors (Lipinski definition) is 7. The summed E-state index contributed by atoms with van der Waals surface area (Å²) in [6.45, 7) is 2.49. The molecule has 5 rings (SSSR count). The Balaban J connectivity index is 1.45. The lowest BCUT2D eigenvalue weighted by molar-refractivity contribution is 0.193. The number of fused-ring (bicyclic) bond motifs is 1. The maximum Gasteiger partial charge on any atom is 0.257 e. The van der Waals surface area contributed by atoms with Gasteiger partial charge in [0.15, 0.2) is 5.65 Å². The molecule has 10 nitrogen and oxygen atoms in total. The Morgan fingerprint density at radius 2 is 2.10 bits per heavy atom. The normalized spacial score (nSPS) is 12.2. The van der Waals surface area contributed by atoms with Gasteiger partial charge in [0, 0.05) is 11.8 Å². The molecule has 1 unspecified atom stereocenters. The molecule has 4 aromatic heterocycles. The Morgan fingerprint density at radius 1 is 1.16 bits per heavy atom. The van der Waals surface area contributed by atoms with Crippen LogP contribution in [0.2, 0.25) is 0 Å². The highest BCUT2D eigenvalue weighted by molar-refractivity contribution is 5.66. The lowest BCUT2D eigenvalue weighted by atomic mass is 10.1. The molecule has 0 aliphatic carbocycles. The molecule has 0 aliphatic heterocycles. The first kappa shape index (κ1) is 18.7. The molecule has 0 aliphatic rings. The summed E-state index contributed by atoms with van der Waals surface area (Å²) in [7, 11) is 0. The molecule has 0 fully saturated rings. The minimum atomic E-state index is -0.191. The van der Waals surface area contributed by atoms with Crippen LogP contribution < -0.4 is 10.3 Å². The summed E-state index contributed by atoms with van der Waals surface area (Å²) in [5, 5.41) is 15.8. The third-order valence-corrected chi connectivity index (χ3v) is 4.76. The summed E-state index contributed by atoms with van der Waals surface area (Å²) in [4.78, 5) is 19.3. The lowest BCUT2D eigenvalue weighted by Gasteiger charge is -2.15. The fourth-order valence-corrected chi connectivity index (χ4v) is 3.36. The second-order valence-electron chi connectivity index (χ2n) is 7.03. The molecule has 5 aromatic rings. The molecule has 31 heavy (non-hydrogen) atoms. The number of imidazole rings is 1. The van der Waals surface area contributed by atoms with Crippen LogP contribution in [0, 0.1) is 0 Å². The van der Waals surface area contributed by atoms with Gasteiger partial charge in [-0.1, -0.05) is 12.1 Å². The van der Waals surface area contributed by atoms with Crippen LogP contribution in [-0.4, -0.2) is 45.9 Å². The topological polar surface area (TPSA) is 116 Å². The number of rotatable bonds is 6. The molecule has 1 aromatic carbocycles. The van der Waals surface area contributed by atoms with E-state index in [4.69, 9.17) is 9.84 Å². The molecule has 1 atom stereocenters. The zero-order valence-electron chi connectivity index (χ0n) is 16.6. The predicted molar refractivity (Wildman–Crippen MR) is 112 cm³/mol. The smallest absolute Gasteiger partial charge is 0.257 e. The number of hydrogen-bond donors (Lipinski definition) is 1. The monoisotopic (exact) mass is 414 g/mol. The van der Waals surface area contributed by atoms with Gasteiger partial charge in [-0.15, -0.1) is 5.10 Å². The molecule has 0 radical (unpaired) electrons. The average Bonchev–Trinajstić information content (AvgIpc) is 3.43. The van der Waals surface area contributed by atoms with Crippen LogP contribution in [0.3, 0.4) is 0 Å². The lowest BCUT2D eigenvalue weighted by Crippen LogP contribution is -2.20. The molecule has 0 saturated heterocycles. The molecule has 0 saturated carbocycles. The maximum atomic E-state index is 12.2. The molecule has 154 valence electrons. The number of tetrazole rings is 1. The van der Waals surface area contributed by atoms with Crippen molar-refractivity contribution in [3.63, 3.8) is 0 Å². The quantitative estimate of drug-likeness (QED) is 0.453. The Labute approximate surface area is 176 Å². The molecule has 0 amide bonds. The standard InChI is InChI=1S/C21H18N8O2/c1-14(12-28-13-24-26-27-28)31-16-5-2-4-15(10-16)18-7-8-20-23-11-19(29(20)25-18)17-6-3-9-22-21(17)30/h2-11,13-14H,12H2,1H3,(H,22,30). The predicted octanol–water partition coefficient (Wildman–Crippen LogP) is 2.21. The van der Waals surface area contributed by atoms with Gasteiger partial charge in [-0.05, 0) is 53.7 Å². The van der Waals surface area contributed by atoms with E-state index < -0.39 is 0 Å². The van der Waals surface area contributed by atoms with Crippen molar-refractivity contribution in [2.75, 3.05) is 0 Å². The highest BCUT2D eigenvalue weighted by Crippen LogP contribution is 2.25. The zero-order chi connectivity index (χ0) is 21.2. The number of H-pyrrole nitrogens is 1. The number of aromatic nitrogens is 8. The van der Waals surface area contributed by atoms with E-state index in [0.29, 0.717) is 29.2 Å². The van der Waals surface area contributed by atoms with Gasteiger partial charge in [0.05, 0.1) is 29.7 Å². The summed E-state index contributed by atoms with van der Waals surface area (Å²) in [6, 6.07) is 15.0. The second kappa shape index (κ2) is 7.82. The molecule has 0 spiro atoms. The van der Waals surface area contributed by atoms with Crippen molar-refractivity contribution in [2.45, 2.75) is 19.6 Å². The summed E-state index contributed by atoms with van der Waals surface area (Å²) in [5.74, 6) is 0.713. The van der Waals surface area contributed by atoms with Crippen molar-refractivity contribution >= 4 is 5.65 Å². The van der Waals surface area contributed by atoms with Crippen LogP contribution in [0.15, 0.2) is 72.0 Å². The number of benzene rings is 1. The Bertz CT molecular complexity index is 1390. The van der Waals surface area contributed by atoms with E-state index in [1.807, 2.05) is 43.3 Å². The number of pyridine rings is 1. The molecular weight excluding hydrogens is 396 g/mol. The van der Waals surface area contributed by atoms with Crippen molar-refractivity contribution in [3.05, 3.63) is 77.6 Å². The van der Waals surface area contributed by atoms with E-state index in [2.05, 4.69) is 25.5 Å². The van der Waals surface area contributed by atoms with E-state index in [0.717, 1.165) is 11.3 Å². The summed E-state index contributed by atoms with van der Waals surface area (Å²) in [6.07, 6.45) is 4.67. The van der Waals surface area contributed by atoms with Gasteiger partial charge in [0.25, 0.3) is 5.56 Å². The number of nitrogens with one attached hydrogen (secondary N) is 1. The maximum absolute atomic E-state index is 12.2. The van der Waals surface area contributed by atoms with E-state index >= 15 is 0 Å². The third kappa shape index (κ3) is 3.78. The molecule has 0 bridgehead atoms. The van der Waals surface area contributed by atoms with Gasteiger partial charge in [-0.2, -0.15) is 5.10 Å². The number of aromatic amines is 1. The van der Waals surface area contributed by atoms with Crippen LogP contribution >= 0.6 is 0 Å². The Hall–Kier alpha value is -4.34. The largest absolute Gasteiger partial charge is 0.489 e. The average molecular weight is 414 g/mol. The van der Waals surface area contributed by atoms with E-state index in [1.165, 1.54) is 0 Å². The van der Waals surface area contributed by atoms with E-state index in [9.17, 15) is 4.79 Å². The second-order valence-corrected chi connectivity index (χ2v) is 7.03. The first-order valence-electron chi connectivity index (χ1n) is 9.68. The first-order chi connectivity index (χ1) is 15.2. The Kier molecular flexibility index (Phi) is 4.71. The van der Waals surface area contributed by atoms with Crippen LogP contribution in [0.1, 0.15) is 6.92 Å². The zero-order valence-corrected chi connectivity index (χ0v) is 16.6. The van der Waals surface area contributed by atoms with E-state index in [1.54, 1.807) is 40.1 Å². The van der Waals surface area contributed by atoms with Gasteiger partial charge >= 0.3 is 0 Å². The van der Waals surface area contributed by atoms with Gasteiger partial charge in [-0.25, -0.2) is 14.2 Å². The molecular formula is C21H18N8O2. The van der Waals surface area contributed by atoms with Crippen LogP contribution in [0.25, 0.3) is 28.2 Å². The summed E-state index contributed by atoms with van der Waals surface area (Å²) >= 11 is 0. The molecule has 10 heteroatoms. The van der Waals surface area contributed by atoms with Crippen molar-refractivity contribution in [1.29, 1.82) is 0 Å². The van der Waals surface area contributed by atoms with Crippen molar-refractivity contribution in [3.8, 4) is 28.3 Å². The van der Waals surface area contributed by atoms with Gasteiger partial charge in [0.1, 0.15) is 18.2 Å². The van der Waals surface area contributed by atoms with Gasteiger partial charge in [-0.3, -0.25) is 4.79 Å². The number of ether oxygens (including phenoxy) is 1. The van der Waals surface area contributed by atoms with Gasteiger partial charge < -0.3 is 9.72 Å². The fourth-order valence-electron chi connectivity index (χ4n) is 3.36.